The molecule has 88 valence electrons. The number of Topliss-reactive ketones (excluding diaryl/α,β-unsaturated/α-hetero) is 1. The van der Waals surface area contributed by atoms with E-state index in [0.717, 1.165) is 0 Å². The molecule has 0 heterocycles. The van der Waals surface area contributed by atoms with E-state index >= 15 is 0 Å². The number of benzene rings is 1. The molecular weight excluding hydrogens is 230 g/mol. The molecule has 2 atom stereocenters. The number of carbonyl (C=O) groups excluding carboxylic acids is 2. The van der Waals surface area contributed by atoms with Gasteiger partial charge in [0.2, 0.25) is 5.91 Å². The molecule has 0 saturated heterocycles. The molecule has 0 spiro atoms. The summed E-state index contributed by atoms with van der Waals surface area (Å²) in [4.78, 5) is 23.4. The third kappa shape index (κ3) is 1.46. The van der Waals surface area contributed by atoms with Gasteiger partial charge in [0, 0.05) is 5.56 Å². The Morgan fingerprint density at radius 2 is 1.67 bits per heavy atom. The number of primary amides is 1. The average Bonchev–Trinajstić information content (AvgIpc) is 3.08. The highest BCUT2D eigenvalue weighted by Gasteiger charge is 2.73. The monoisotopic (exact) mass is 239 g/mol. The lowest BCUT2D eigenvalue weighted by Gasteiger charge is -1.98. The van der Waals surface area contributed by atoms with Gasteiger partial charge >= 0.3 is 0 Å². The van der Waals surface area contributed by atoms with Crippen molar-refractivity contribution >= 4 is 11.7 Å². The number of hydrogen-bond acceptors (Lipinski definition) is 4. The molecule has 1 amide bonds. The molecule has 5 nitrogen and oxygen atoms in total. The predicted octanol–water partition coefficient (Wildman–Crippen LogP) is 0.634. The van der Waals surface area contributed by atoms with Gasteiger partial charge in [-0.1, -0.05) is 30.3 Å². The fourth-order valence-electron chi connectivity index (χ4n) is 2.22. The first-order valence-corrected chi connectivity index (χ1v) is 5.29. The number of amides is 1. The Balaban J connectivity index is 2.37. The van der Waals surface area contributed by atoms with Gasteiger partial charge in [-0.05, 0) is 0 Å². The van der Waals surface area contributed by atoms with E-state index in [4.69, 9.17) is 16.3 Å². The van der Waals surface area contributed by atoms with E-state index in [1.165, 1.54) is 0 Å². The summed E-state index contributed by atoms with van der Waals surface area (Å²) in [6, 6.07) is 11.8. The lowest BCUT2D eigenvalue weighted by Crippen LogP contribution is -2.18. The van der Waals surface area contributed by atoms with Crippen LogP contribution in [0.25, 0.3) is 0 Å². The van der Waals surface area contributed by atoms with Crippen LogP contribution >= 0.6 is 0 Å². The van der Waals surface area contributed by atoms with Crippen molar-refractivity contribution in [3.8, 4) is 12.1 Å². The Morgan fingerprint density at radius 3 is 2.06 bits per heavy atom. The van der Waals surface area contributed by atoms with Gasteiger partial charge in [-0.15, -0.1) is 0 Å². The maximum atomic E-state index is 12.1. The number of ketones is 1. The molecule has 0 bridgehead atoms. The zero-order valence-corrected chi connectivity index (χ0v) is 9.33. The lowest BCUT2D eigenvalue weighted by atomic mass is 10.0. The van der Waals surface area contributed by atoms with Gasteiger partial charge in [-0.25, -0.2) is 0 Å². The van der Waals surface area contributed by atoms with Gasteiger partial charge in [0.25, 0.3) is 0 Å². The zero-order chi connectivity index (χ0) is 13.3. The van der Waals surface area contributed by atoms with Crippen molar-refractivity contribution in [2.75, 3.05) is 0 Å². The number of nitriles is 2. The Labute approximate surface area is 103 Å². The molecule has 1 fully saturated rings. The van der Waals surface area contributed by atoms with Crippen LogP contribution in [0.15, 0.2) is 30.3 Å². The first kappa shape index (κ1) is 11.8. The topological polar surface area (TPSA) is 108 Å². The second-order valence-electron chi connectivity index (χ2n) is 4.18. The third-order valence-corrected chi connectivity index (χ3v) is 3.22. The molecule has 1 saturated carbocycles. The van der Waals surface area contributed by atoms with Gasteiger partial charge in [0.15, 0.2) is 11.2 Å². The molecule has 0 aliphatic heterocycles. The number of nitrogens with two attached hydrogens (primary N) is 1. The van der Waals surface area contributed by atoms with Gasteiger partial charge in [0.1, 0.15) is 0 Å². The van der Waals surface area contributed by atoms with Crippen LogP contribution in [0.5, 0.6) is 0 Å². The van der Waals surface area contributed by atoms with Crippen LogP contribution in [0.1, 0.15) is 10.4 Å². The molecule has 18 heavy (non-hydrogen) atoms. The van der Waals surface area contributed by atoms with E-state index in [0.29, 0.717) is 5.56 Å². The maximum absolute atomic E-state index is 12.1. The van der Waals surface area contributed by atoms with Gasteiger partial charge in [-0.3, -0.25) is 9.59 Å². The summed E-state index contributed by atoms with van der Waals surface area (Å²) in [6.07, 6.45) is 0. The molecule has 0 unspecified atom stereocenters. The van der Waals surface area contributed by atoms with Crippen LogP contribution in [0, 0.1) is 39.9 Å². The summed E-state index contributed by atoms with van der Waals surface area (Å²) in [5.41, 5.74) is 3.91. The SMILES string of the molecule is N#CC1(C#N)[C@H](C(=O)c2ccccc2)[C@@H]1C(N)=O. The predicted molar refractivity (Wildman–Crippen MR) is 60.6 cm³/mol. The van der Waals surface area contributed by atoms with Gasteiger partial charge in [-0.2, -0.15) is 10.5 Å². The second-order valence-corrected chi connectivity index (χ2v) is 4.18. The minimum Gasteiger partial charge on any atom is -0.369 e. The lowest BCUT2D eigenvalue weighted by molar-refractivity contribution is -0.119. The van der Waals surface area contributed by atoms with Crippen molar-refractivity contribution in [1.29, 1.82) is 10.5 Å². The minimum absolute atomic E-state index is 0.376. The summed E-state index contributed by atoms with van der Waals surface area (Å²) in [6.45, 7) is 0. The van der Waals surface area contributed by atoms with Crippen molar-refractivity contribution < 1.29 is 9.59 Å². The van der Waals surface area contributed by atoms with E-state index in [-0.39, 0.29) is 5.78 Å². The van der Waals surface area contributed by atoms with Gasteiger partial charge in [0.05, 0.1) is 24.0 Å². The van der Waals surface area contributed by atoms with E-state index in [1.807, 2.05) is 0 Å². The molecule has 0 radical (unpaired) electrons. The quantitative estimate of drug-likeness (QED) is 0.780. The molecule has 1 aliphatic rings. The highest BCUT2D eigenvalue weighted by atomic mass is 16.2. The summed E-state index contributed by atoms with van der Waals surface area (Å²) in [5.74, 6) is -3.14. The van der Waals surface area contributed by atoms with Crippen molar-refractivity contribution in [3.05, 3.63) is 35.9 Å². The zero-order valence-electron chi connectivity index (χ0n) is 9.33. The Hall–Kier alpha value is -2.66. The number of rotatable bonds is 3. The Bertz CT molecular complexity index is 581. The van der Waals surface area contributed by atoms with E-state index in [9.17, 15) is 9.59 Å². The Morgan fingerprint density at radius 1 is 1.11 bits per heavy atom. The summed E-state index contributed by atoms with van der Waals surface area (Å²) in [5, 5.41) is 18.0. The summed E-state index contributed by atoms with van der Waals surface area (Å²) in [7, 11) is 0. The fourth-order valence-corrected chi connectivity index (χ4v) is 2.22. The van der Waals surface area contributed by atoms with Crippen molar-refractivity contribution in [1.82, 2.24) is 0 Å². The fraction of sp³-hybridized carbons (Fsp3) is 0.231. The highest BCUT2D eigenvalue weighted by molar-refractivity contribution is 6.06. The van der Waals surface area contributed by atoms with Crippen molar-refractivity contribution in [3.63, 3.8) is 0 Å². The summed E-state index contributed by atoms with van der Waals surface area (Å²) >= 11 is 0. The second kappa shape index (κ2) is 3.97. The number of nitrogens with zero attached hydrogens (tertiary/aromatic N) is 2. The molecule has 0 aromatic heterocycles. The first-order valence-electron chi connectivity index (χ1n) is 5.29. The number of carbonyl (C=O) groups is 2. The van der Waals surface area contributed by atoms with Crippen LogP contribution < -0.4 is 5.73 Å². The van der Waals surface area contributed by atoms with Gasteiger partial charge < -0.3 is 5.73 Å². The molecule has 1 aliphatic carbocycles. The maximum Gasteiger partial charge on any atom is 0.224 e. The molecule has 2 rings (SSSR count). The molecule has 2 N–H and O–H groups in total. The van der Waals surface area contributed by atoms with Crippen molar-refractivity contribution in [2.45, 2.75) is 0 Å². The third-order valence-electron chi connectivity index (χ3n) is 3.22. The van der Waals surface area contributed by atoms with E-state index in [2.05, 4.69) is 0 Å². The van der Waals surface area contributed by atoms with Crippen molar-refractivity contribution in [2.24, 2.45) is 23.0 Å². The van der Waals surface area contributed by atoms with Crippen LogP contribution in [0.2, 0.25) is 0 Å². The van der Waals surface area contributed by atoms with Crippen LogP contribution in [-0.4, -0.2) is 11.7 Å². The number of hydrogen-bond donors (Lipinski definition) is 1. The molecule has 1 aromatic carbocycles. The minimum atomic E-state index is -1.60. The smallest absolute Gasteiger partial charge is 0.224 e. The first-order chi connectivity index (χ1) is 8.58. The average molecular weight is 239 g/mol. The van der Waals surface area contributed by atoms with E-state index in [1.54, 1.807) is 42.5 Å². The largest absolute Gasteiger partial charge is 0.369 e. The normalized spacial score (nSPS) is 23.4. The Kier molecular flexibility index (Phi) is 2.61. The standard InChI is InChI=1S/C13H9N3O2/c14-6-13(7-15)9(10(13)12(16)18)11(17)8-4-2-1-3-5-8/h1-5,9-10H,(H2,16,18)/t9-,10+/m0/s1. The molecular formula is C13H9N3O2. The summed E-state index contributed by atoms with van der Waals surface area (Å²) < 4.78 is 0. The molecule has 1 aromatic rings. The molecule has 5 heteroatoms. The van der Waals surface area contributed by atoms with Crippen LogP contribution in [0.4, 0.5) is 0 Å². The van der Waals surface area contributed by atoms with E-state index < -0.39 is 23.2 Å². The van der Waals surface area contributed by atoms with Crippen LogP contribution in [-0.2, 0) is 4.79 Å². The van der Waals surface area contributed by atoms with Crippen LogP contribution in [0.3, 0.4) is 0 Å². The highest BCUT2D eigenvalue weighted by Crippen LogP contribution is 2.59.